The van der Waals surface area contributed by atoms with Crippen LogP contribution in [0.3, 0.4) is 0 Å². The molecule has 2 heterocycles. The summed E-state index contributed by atoms with van der Waals surface area (Å²) in [5.41, 5.74) is -0.272. The number of imidazole rings is 1. The van der Waals surface area contributed by atoms with E-state index in [1.54, 1.807) is 0 Å². The van der Waals surface area contributed by atoms with E-state index in [0.717, 1.165) is 12.8 Å². The minimum Gasteiger partial charge on any atom is -0.477 e. The number of carboxylic acids is 1. The number of nitrogens with zero attached hydrogens (tertiary/aromatic N) is 1. The molecule has 0 bridgehead atoms. The average Bonchev–Trinajstić information content (AvgIpc) is 2.86. The molecule has 0 saturated carbocycles. The number of nitrogens with one attached hydrogen (secondary N) is 2. The van der Waals surface area contributed by atoms with Gasteiger partial charge in [-0.3, -0.25) is 4.79 Å². The Labute approximate surface area is 110 Å². The van der Waals surface area contributed by atoms with Crippen LogP contribution in [0, 0.1) is 5.41 Å². The standard InChI is InChI=1S/C12H17N3O4/c1-12(2-4-19-5-3-12)6-13-10(16)8-9(11(17)18)15-7-14-8/h7H,2-6H2,1H3,(H,13,16)(H,14,15)(H,17,18). The van der Waals surface area contributed by atoms with Gasteiger partial charge in [0.2, 0.25) is 0 Å². The van der Waals surface area contributed by atoms with E-state index in [1.165, 1.54) is 6.33 Å². The van der Waals surface area contributed by atoms with Crippen LogP contribution in [0.1, 0.15) is 40.7 Å². The molecule has 0 aliphatic carbocycles. The Kier molecular flexibility index (Phi) is 3.84. The molecule has 0 radical (unpaired) electrons. The summed E-state index contributed by atoms with van der Waals surface area (Å²) in [6.07, 6.45) is 2.95. The van der Waals surface area contributed by atoms with Crippen molar-refractivity contribution in [3.63, 3.8) is 0 Å². The Morgan fingerprint density at radius 2 is 2.21 bits per heavy atom. The van der Waals surface area contributed by atoms with Crippen LogP contribution in [-0.4, -0.2) is 46.7 Å². The first-order valence-corrected chi connectivity index (χ1v) is 6.14. The van der Waals surface area contributed by atoms with Crippen LogP contribution in [0.2, 0.25) is 0 Å². The molecule has 7 nitrogen and oxygen atoms in total. The average molecular weight is 267 g/mol. The molecule has 0 aromatic carbocycles. The van der Waals surface area contributed by atoms with Crippen molar-refractivity contribution in [1.29, 1.82) is 0 Å². The normalized spacial score (nSPS) is 17.9. The van der Waals surface area contributed by atoms with Crippen LogP contribution in [0.25, 0.3) is 0 Å². The van der Waals surface area contributed by atoms with Crippen molar-refractivity contribution < 1.29 is 19.4 Å². The van der Waals surface area contributed by atoms with Gasteiger partial charge in [-0.05, 0) is 18.3 Å². The molecule has 1 amide bonds. The molecule has 1 fully saturated rings. The van der Waals surface area contributed by atoms with Crippen molar-refractivity contribution in [2.24, 2.45) is 5.41 Å². The van der Waals surface area contributed by atoms with Crippen molar-refractivity contribution in [3.8, 4) is 0 Å². The first-order valence-electron chi connectivity index (χ1n) is 6.14. The van der Waals surface area contributed by atoms with Gasteiger partial charge in [0.25, 0.3) is 5.91 Å². The number of hydrogen-bond donors (Lipinski definition) is 3. The number of carbonyl (C=O) groups is 2. The lowest BCUT2D eigenvalue weighted by molar-refractivity contribution is 0.0238. The van der Waals surface area contributed by atoms with Gasteiger partial charge in [-0.1, -0.05) is 6.92 Å². The van der Waals surface area contributed by atoms with Crippen molar-refractivity contribution in [2.45, 2.75) is 19.8 Å². The van der Waals surface area contributed by atoms with Gasteiger partial charge in [-0.2, -0.15) is 0 Å². The van der Waals surface area contributed by atoms with Crippen molar-refractivity contribution in [3.05, 3.63) is 17.7 Å². The summed E-state index contributed by atoms with van der Waals surface area (Å²) in [5.74, 6) is -1.66. The second-order valence-corrected chi connectivity index (χ2v) is 5.04. The summed E-state index contributed by atoms with van der Waals surface area (Å²) < 4.78 is 5.29. The highest BCUT2D eigenvalue weighted by Gasteiger charge is 2.29. The molecule has 1 aliphatic rings. The predicted molar refractivity (Wildman–Crippen MR) is 66.0 cm³/mol. The number of aromatic amines is 1. The highest BCUT2D eigenvalue weighted by molar-refractivity contribution is 6.02. The van der Waals surface area contributed by atoms with Gasteiger partial charge in [0.05, 0.1) is 6.33 Å². The third-order valence-electron chi connectivity index (χ3n) is 3.44. The first-order chi connectivity index (χ1) is 9.02. The minimum atomic E-state index is -1.19. The summed E-state index contributed by atoms with van der Waals surface area (Å²) in [6.45, 7) is 3.95. The van der Waals surface area contributed by atoms with Crippen LogP contribution in [0.5, 0.6) is 0 Å². The lowest BCUT2D eigenvalue weighted by Gasteiger charge is -2.33. The van der Waals surface area contributed by atoms with Gasteiger partial charge in [0.15, 0.2) is 11.4 Å². The molecule has 0 spiro atoms. The van der Waals surface area contributed by atoms with Gasteiger partial charge in [-0.15, -0.1) is 0 Å². The number of carboxylic acid groups (broad SMARTS) is 1. The van der Waals surface area contributed by atoms with Crippen LogP contribution >= 0.6 is 0 Å². The zero-order chi connectivity index (χ0) is 13.9. The van der Waals surface area contributed by atoms with Crippen LogP contribution in [0.15, 0.2) is 6.33 Å². The molecule has 1 saturated heterocycles. The van der Waals surface area contributed by atoms with Gasteiger partial charge in [0, 0.05) is 19.8 Å². The zero-order valence-electron chi connectivity index (χ0n) is 10.7. The largest absolute Gasteiger partial charge is 0.477 e. The second-order valence-electron chi connectivity index (χ2n) is 5.04. The van der Waals surface area contributed by atoms with E-state index in [-0.39, 0.29) is 16.8 Å². The van der Waals surface area contributed by atoms with E-state index in [9.17, 15) is 9.59 Å². The maximum Gasteiger partial charge on any atom is 0.354 e. The van der Waals surface area contributed by atoms with Gasteiger partial charge in [0.1, 0.15) is 0 Å². The van der Waals surface area contributed by atoms with E-state index < -0.39 is 11.9 Å². The molecule has 2 rings (SSSR count). The number of carbonyl (C=O) groups excluding carboxylic acids is 1. The van der Waals surface area contributed by atoms with E-state index in [2.05, 4.69) is 22.2 Å². The number of H-pyrrole nitrogens is 1. The first kappa shape index (κ1) is 13.5. The smallest absolute Gasteiger partial charge is 0.354 e. The van der Waals surface area contributed by atoms with Crippen LogP contribution in [0.4, 0.5) is 0 Å². The van der Waals surface area contributed by atoms with E-state index in [1.807, 2.05) is 0 Å². The fourth-order valence-electron chi connectivity index (χ4n) is 2.05. The Morgan fingerprint density at radius 3 is 2.84 bits per heavy atom. The molecule has 3 N–H and O–H groups in total. The highest BCUT2D eigenvalue weighted by Crippen LogP contribution is 2.28. The Balaban J connectivity index is 1.97. The van der Waals surface area contributed by atoms with E-state index in [4.69, 9.17) is 9.84 Å². The molecule has 1 aliphatic heterocycles. The van der Waals surface area contributed by atoms with Gasteiger partial charge >= 0.3 is 5.97 Å². The van der Waals surface area contributed by atoms with Crippen molar-refractivity contribution >= 4 is 11.9 Å². The summed E-state index contributed by atoms with van der Waals surface area (Å²) in [6, 6.07) is 0. The molecule has 104 valence electrons. The summed E-state index contributed by atoms with van der Waals surface area (Å²) >= 11 is 0. The number of aromatic carboxylic acids is 1. The third-order valence-corrected chi connectivity index (χ3v) is 3.44. The van der Waals surface area contributed by atoms with Crippen molar-refractivity contribution in [2.75, 3.05) is 19.8 Å². The lowest BCUT2D eigenvalue weighted by atomic mass is 9.82. The summed E-state index contributed by atoms with van der Waals surface area (Å²) in [4.78, 5) is 29.0. The molecule has 0 atom stereocenters. The van der Waals surface area contributed by atoms with E-state index in [0.29, 0.717) is 19.8 Å². The summed E-state index contributed by atoms with van der Waals surface area (Å²) in [7, 11) is 0. The summed E-state index contributed by atoms with van der Waals surface area (Å²) in [5, 5.41) is 11.7. The molecule has 1 aromatic heterocycles. The van der Waals surface area contributed by atoms with E-state index >= 15 is 0 Å². The third kappa shape index (κ3) is 3.11. The topological polar surface area (TPSA) is 104 Å². The monoisotopic (exact) mass is 267 g/mol. The zero-order valence-corrected chi connectivity index (χ0v) is 10.7. The number of aromatic nitrogens is 2. The molecule has 19 heavy (non-hydrogen) atoms. The molecule has 0 unspecified atom stereocenters. The molecule has 7 heteroatoms. The van der Waals surface area contributed by atoms with Crippen LogP contribution < -0.4 is 5.32 Å². The molecular weight excluding hydrogens is 250 g/mol. The Bertz CT molecular complexity index is 477. The van der Waals surface area contributed by atoms with Gasteiger partial charge in [-0.25, -0.2) is 9.78 Å². The number of hydrogen-bond acceptors (Lipinski definition) is 4. The maximum atomic E-state index is 11.9. The Hall–Kier alpha value is -1.89. The maximum absolute atomic E-state index is 11.9. The fraction of sp³-hybridized carbons (Fsp3) is 0.583. The SMILES string of the molecule is CC1(CNC(=O)c2nc[nH]c2C(=O)O)CCOCC1. The Morgan fingerprint density at radius 1 is 1.53 bits per heavy atom. The van der Waals surface area contributed by atoms with Crippen LogP contribution in [-0.2, 0) is 4.74 Å². The molecular formula is C12H17N3O4. The lowest BCUT2D eigenvalue weighted by Crippen LogP contribution is -2.39. The second kappa shape index (κ2) is 5.40. The number of rotatable bonds is 4. The minimum absolute atomic E-state index is 0.00635. The number of amides is 1. The van der Waals surface area contributed by atoms with Crippen molar-refractivity contribution in [1.82, 2.24) is 15.3 Å². The highest BCUT2D eigenvalue weighted by atomic mass is 16.5. The van der Waals surface area contributed by atoms with Gasteiger partial charge < -0.3 is 20.1 Å². The fourth-order valence-corrected chi connectivity index (χ4v) is 2.05. The quantitative estimate of drug-likeness (QED) is 0.743. The number of ether oxygens (including phenoxy) is 1. The molecule has 1 aromatic rings. The predicted octanol–water partition coefficient (Wildman–Crippen LogP) is 0.654.